The molecule has 0 bridgehead atoms. The lowest BCUT2D eigenvalue weighted by atomic mass is 10.4. The third-order valence-corrected chi connectivity index (χ3v) is 4.10. The number of ether oxygens (including phenoxy) is 1. The number of thioether (sulfide) groups is 1. The van der Waals surface area contributed by atoms with E-state index in [4.69, 9.17) is 11.6 Å². The van der Waals surface area contributed by atoms with Crippen LogP contribution in [0.1, 0.15) is 0 Å². The van der Waals surface area contributed by atoms with Crippen molar-refractivity contribution in [1.82, 2.24) is 0 Å². The molecule has 0 N–H and O–H groups in total. The Morgan fingerprint density at radius 1 is 1.67 bits per heavy atom. The molecular weight excluding hydrogens is 300 g/mol. The Morgan fingerprint density at radius 2 is 2.40 bits per heavy atom. The topological polar surface area (TPSA) is 26.3 Å². The molecule has 1 unspecified atom stereocenters. The molecule has 0 spiro atoms. The Labute approximate surface area is 106 Å². The number of esters is 1. The summed E-state index contributed by atoms with van der Waals surface area (Å²) >= 11 is 10.6. The van der Waals surface area contributed by atoms with E-state index in [0.29, 0.717) is 10.8 Å². The minimum atomic E-state index is -0.286. The van der Waals surface area contributed by atoms with Gasteiger partial charge in [-0.2, -0.15) is 0 Å². The van der Waals surface area contributed by atoms with Crippen molar-refractivity contribution in [2.75, 3.05) is 12.9 Å². The van der Waals surface area contributed by atoms with Gasteiger partial charge in [0, 0.05) is 15.7 Å². The van der Waals surface area contributed by atoms with E-state index in [1.165, 1.54) is 7.11 Å². The number of halogens is 2. The first-order valence-electron chi connectivity index (χ1n) is 4.23. The molecule has 0 aliphatic rings. The lowest BCUT2D eigenvalue weighted by Crippen LogP contribution is -2.17. The van der Waals surface area contributed by atoms with Crippen LogP contribution in [0.4, 0.5) is 0 Å². The van der Waals surface area contributed by atoms with Crippen LogP contribution in [0.5, 0.6) is 0 Å². The maximum atomic E-state index is 11.1. The van der Waals surface area contributed by atoms with E-state index in [-0.39, 0.29) is 10.8 Å². The van der Waals surface area contributed by atoms with Crippen LogP contribution in [-0.2, 0) is 9.53 Å². The van der Waals surface area contributed by atoms with Gasteiger partial charge in [0.25, 0.3) is 0 Å². The van der Waals surface area contributed by atoms with Gasteiger partial charge in [-0.3, -0.25) is 4.79 Å². The van der Waals surface area contributed by atoms with E-state index < -0.39 is 0 Å². The number of carbonyl (C=O) groups is 1. The van der Waals surface area contributed by atoms with E-state index in [1.54, 1.807) is 11.8 Å². The van der Waals surface area contributed by atoms with Crippen LogP contribution in [0.2, 0.25) is 5.02 Å². The van der Waals surface area contributed by atoms with Crippen molar-refractivity contribution in [3.8, 4) is 0 Å². The first-order chi connectivity index (χ1) is 7.13. The largest absolute Gasteiger partial charge is 0.468 e. The van der Waals surface area contributed by atoms with Crippen molar-refractivity contribution < 1.29 is 9.53 Å². The number of rotatable bonds is 4. The summed E-state index contributed by atoms with van der Waals surface area (Å²) in [5.41, 5.74) is 0. The van der Waals surface area contributed by atoms with Crippen molar-refractivity contribution in [2.24, 2.45) is 0 Å². The Bertz CT molecular complexity index is 346. The predicted molar refractivity (Wildman–Crippen MR) is 66.9 cm³/mol. The maximum absolute atomic E-state index is 11.1. The summed E-state index contributed by atoms with van der Waals surface area (Å²) in [5.74, 6) is 0.358. The third-order valence-electron chi connectivity index (χ3n) is 1.65. The zero-order valence-corrected chi connectivity index (χ0v) is 11.2. The summed E-state index contributed by atoms with van der Waals surface area (Å²) in [7, 11) is 1.38. The Kier molecular flexibility index (Phi) is 5.50. The van der Waals surface area contributed by atoms with Crippen LogP contribution in [-0.4, -0.2) is 23.7 Å². The molecule has 1 aromatic carbocycles. The maximum Gasteiger partial charge on any atom is 0.320 e. The van der Waals surface area contributed by atoms with E-state index >= 15 is 0 Å². The molecule has 0 saturated heterocycles. The van der Waals surface area contributed by atoms with E-state index in [0.717, 1.165) is 4.90 Å². The molecule has 2 nitrogen and oxygen atoms in total. The number of hydrogen-bond acceptors (Lipinski definition) is 3. The van der Waals surface area contributed by atoms with Crippen LogP contribution in [0, 0.1) is 0 Å². The second-order valence-corrected chi connectivity index (χ2v) is 5.39. The Morgan fingerprint density at radius 3 is 3.00 bits per heavy atom. The molecule has 0 fully saturated rings. The van der Waals surface area contributed by atoms with Crippen molar-refractivity contribution in [3.05, 3.63) is 29.3 Å². The number of alkyl halides is 1. The van der Waals surface area contributed by atoms with E-state index in [9.17, 15) is 4.79 Å². The van der Waals surface area contributed by atoms with Gasteiger partial charge < -0.3 is 4.74 Å². The number of carbonyl (C=O) groups excluding carboxylic acids is 1. The lowest BCUT2D eigenvalue weighted by molar-refractivity contribution is -0.139. The fourth-order valence-electron chi connectivity index (χ4n) is 0.922. The molecule has 0 radical (unpaired) electrons. The van der Waals surface area contributed by atoms with E-state index in [1.807, 2.05) is 24.3 Å². The smallest absolute Gasteiger partial charge is 0.320 e. The zero-order chi connectivity index (χ0) is 11.3. The summed E-state index contributed by atoms with van der Waals surface area (Å²) in [6.07, 6.45) is 0. The summed E-state index contributed by atoms with van der Waals surface area (Å²) in [6.45, 7) is 0. The van der Waals surface area contributed by atoms with Gasteiger partial charge in [0.2, 0.25) is 0 Å². The molecule has 0 aliphatic heterocycles. The molecule has 82 valence electrons. The van der Waals surface area contributed by atoms with Gasteiger partial charge in [0.15, 0.2) is 0 Å². The van der Waals surface area contributed by atoms with Gasteiger partial charge in [0.05, 0.1) is 7.11 Å². The number of methoxy groups -OCH3 is 1. The summed E-state index contributed by atoms with van der Waals surface area (Å²) in [6, 6.07) is 7.51. The fourth-order valence-corrected chi connectivity index (χ4v) is 2.62. The summed E-state index contributed by atoms with van der Waals surface area (Å²) in [5, 5.41) is 0.698. The lowest BCUT2D eigenvalue weighted by Gasteiger charge is -2.06. The van der Waals surface area contributed by atoms with Crippen molar-refractivity contribution in [3.63, 3.8) is 0 Å². The van der Waals surface area contributed by atoms with Gasteiger partial charge in [-0.15, -0.1) is 11.8 Å². The van der Waals surface area contributed by atoms with Crippen LogP contribution < -0.4 is 0 Å². The predicted octanol–water partition coefficient (Wildman–Crippen LogP) is 3.37. The fraction of sp³-hybridized carbons (Fsp3) is 0.300. The highest BCUT2D eigenvalue weighted by atomic mass is 79.9. The van der Waals surface area contributed by atoms with Crippen molar-refractivity contribution >= 4 is 45.3 Å². The minimum absolute atomic E-state index is 0.260. The second kappa shape index (κ2) is 6.40. The highest BCUT2D eigenvalue weighted by molar-refractivity contribution is 9.10. The molecule has 1 atom stereocenters. The molecule has 1 aromatic rings. The van der Waals surface area contributed by atoms with Gasteiger partial charge >= 0.3 is 5.97 Å². The zero-order valence-electron chi connectivity index (χ0n) is 8.07. The standard InChI is InChI=1S/C10H10BrClO2S/c1-14-10(13)9(11)6-15-8-4-2-3-7(12)5-8/h2-5,9H,6H2,1H3. The Hall–Kier alpha value is -0.190. The first-order valence-corrected chi connectivity index (χ1v) is 6.51. The Balaban J connectivity index is 2.47. The van der Waals surface area contributed by atoms with Crippen molar-refractivity contribution in [1.29, 1.82) is 0 Å². The SMILES string of the molecule is COC(=O)C(Br)CSc1cccc(Cl)c1. The third kappa shape index (κ3) is 4.45. The highest BCUT2D eigenvalue weighted by Gasteiger charge is 2.15. The van der Waals surface area contributed by atoms with E-state index in [2.05, 4.69) is 20.7 Å². The normalized spacial score (nSPS) is 12.2. The highest BCUT2D eigenvalue weighted by Crippen LogP contribution is 2.24. The van der Waals surface area contributed by atoms with Crippen LogP contribution in [0.3, 0.4) is 0 Å². The summed E-state index contributed by atoms with van der Waals surface area (Å²) < 4.78 is 4.60. The molecular formula is C10H10BrClO2S. The number of benzene rings is 1. The molecule has 0 amide bonds. The van der Waals surface area contributed by atoms with Crippen LogP contribution >= 0.6 is 39.3 Å². The molecule has 0 aromatic heterocycles. The second-order valence-electron chi connectivity index (χ2n) is 2.76. The average molecular weight is 310 g/mol. The van der Waals surface area contributed by atoms with Gasteiger partial charge in [-0.05, 0) is 18.2 Å². The number of hydrogen-bond donors (Lipinski definition) is 0. The molecule has 0 aliphatic carbocycles. The van der Waals surface area contributed by atoms with Crippen LogP contribution in [0.15, 0.2) is 29.2 Å². The van der Waals surface area contributed by atoms with Gasteiger partial charge in [-0.1, -0.05) is 33.6 Å². The first kappa shape index (κ1) is 12.9. The average Bonchev–Trinajstić information content (AvgIpc) is 2.25. The monoisotopic (exact) mass is 308 g/mol. The molecule has 0 saturated carbocycles. The van der Waals surface area contributed by atoms with Gasteiger partial charge in [-0.25, -0.2) is 0 Å². The molecule has 15 heavy (non-hydrogen) atoms. The molecule has 1 rings (SSSR count). The molecule has 0 heterocycles. The molecule has 5 heteroatoms. The summed E-state index contributed by atoms with van der Waals surface area (Å²) in [4.78, 5) is 11.8. The van der Waals surface area contributed by atoms with Crippen molar-refractivity contribution in [2.45, 2.75) is 9.72 Å². The van der Waals surface area contributed by atoms with Gasteiger partial charge in [0.1, 0.15) is 4.83 Å². The minimum Gasteiger partial charge on any atom is -0.468 e. The van der Waals surface area contributed by atoms with Crippen LogP contribution in [0.25, 0.3) is 0 Å². The quantitative estimate of drug-likeness (QED) is 0.484.